The molecule has 2 aromatic rings. The molecule has 0 aliphatic carbocycles. The van der Waals surface area contributed by atoms with Gasteiger partial charge in [0.15, 0.2) is 6.20 Å². The Balaban J connectivity index is 2.72. The summed E-state index contributed by atoms with van der Waals surface area (Å²) in [5.74, 6) is 0. The molecule has 0 fully saturated rings. The van der Waals surface area contributed by atoms with Gasteiger partial charge in [-0.2, -0.15) is 0 Å². The van der Waals surface area contributed by atoms with Crippen molar-refractivity contribution in [1.29, 1.82) is 0 Å². The minimum absolute atomic E-state index is 0.436. The van der Waals surface area contributed by atoms with Crippen molar-refractivity contribution in [2.45, 2.75) is 20.7 Å². The summed E-state index contributed by atoms with van der Waals surface area (Å²) in [6.07, 6.45) is 1.96. The smallest absolute Gasteiger partial charge is 0.201 e. The molecule has 2 rings (SSSR count). The van der Waals surface area contributed by atoms with Crippen LogP contribution in [0.2, 0.25) is 0 Å². The molecule has 1 nitrogen and oxygen atoms in total. The Morgan fingerprint density at radius 2 is 2.00 bits per heavy atom. The summed E-state index contributed by atoms with van der Waals surface area (Å²) < 4.78 is 25.0. The van der Waals surface area contributed by atoms with E-state index in [1.807, 2.05) is 55.9 Å². The van der Waals surface area contributed by atoms with Gasteiger partial charge in [0, 0.05) is 21.8 Å². The first kappa shape index (κ1) is 7.61. The van der Waals surface area contributed by atoms with Crippen LogP contribution in [0.15, 0.2) is 36.5 Å². The fraction of sp³-hybridized carbons (Fsp3) is 0.267. The number of rotatable bonds is 1. The molecule has 0 unspecified atom stereocenters. The zero-order valence-electron chi connectivity index (χ0n) is 12.9. The van der Waals surface area contributed by atoms with Gasteiger partial charge in [0.25, 0.3) is 0 Å². The summed E-state index contributed by atoms with van der Waals surface area (Å²) >= 11 is 0. The van der Waals surface area contributed by atoms with Crippen molar-refractivity contribution >= 4 is 0 Å². The molecular formula is C15H18N+. The Morgan fingerprint density at radius 1 is 1.19 bits per heavy atom. The van der Waals surface area contributed by atoms with E-state index in [0.29, 0.717) is 5.56 Å². The number of hydrogen-bond acceptors (Lipinski definition) is 0. The van der Waals surface area contributed by atoms with E-state index in [2.05, 4.69) is 0 Å². The van der Waals surface area contributed by atoms with E-state index in [1.54, 1.807) is 6.07 Å². The van der Waals surface area contributed by atoms with Gasteiger partial charge in [-0.05, 0) is 44.0 Å². The lowest BCUT2D eigenvalue weighted by Gasteiger charge is -2.08. The number of nitrogens with zero attached hydrogens (tertiary/aromatic N) is 1. The van der Waals surface area contributed by atoms with E-state index >= 15 is 0 Å². The van der Waals surface area contributed by atoms with E-state index in [0.717, 1.165) is 22.4 Å². The number of pyridine rings is 1. The zero-order chi connectivity index (χ0) is 14.2. The molecule has 1 heteroatoms. The Bertz CT molecular complexity index is 615. The lowest BCUT2D eigenvalue weighted by atomic mass is 9.97. The van der Waals surface area contributed by atoms with Crippen LogP contribution in [0.5, 0.6) is 0 Å². The minimum atomic E-state index is -2.07. The van der Waals surface area contributed by atoms with Crippen LogP contribution in [0.25, 0.3) is 11.3 Å². The maximum absolute atomic E-state index is 7.65. The van der Waals surface area contributed by atoms with Gasteiger partial charge in [0.1, 0.15) is 7.05 Å². The van der Waals surface area contributed by atoms with Crippen molar-refractivity contribution in [3.8, 4) is 11.3 Å². The molecule has 0 bridgehead atoms. The summed E-state index contributed by atoms with van der Waals surface area (Å²) in [6.45, 7) is 1.74. The second-order valence-corrected chi connectivity index (χ2v) is 4.18. The third kappa shape index (κ3) is 1.85. The zero-order valence-corrected chi connectivity index (χ0v) is 9.91. The van der Waals surface area contributed by atoms with E-state index in [4.69, 9.17) is 4.11 Å². The van der Waals surface area contributed by atoms with Crippen molar-refractivity contribution in [3.05, 3.63) is 53.2 Å². The lowest BCUT2D eigenvalue weighted by molar-refractivity contribution is -0.660. The van der Waals surface area contributed by atoms with Crippen molar-refractivity contribution in [1.82, 2.24) is 0 Å². The third-order valence-electron chi connectivity index (χ3n) is 2.88. The molecule has 16 heavy (non-hydrogen) atoms. The number of hydrogen-bond donors (Lipinski definition) is 0. The lowest BCUT2D eigenvalue weighted by Crippen LogP contribution is -2.30. The number of aromatic nitrogens is 1. The van der Waals surface area contributed by atoms with E-state index in [-0.39, 0.29) is 0 Å². The van der Waals surface area contributed by atoms with Crippen LogP contribution in [0.1, 0.15) is 20.8 Å². The second kappa shape index (κ2) is 4.09. The van der Waals surface area contributed by atoms with Gasteiger partial charge in [-0.15, -0.1) is 0 Å². The molecular weight excluding hydrogens is 194 g/mol. The van der Waals surface area contributed by atoms with Gasteiger partial charge in [-0.25, -0.2) is 4.57 Å². The summed E-state index contributed by atoms with van der Waals surface area (Å²) in [4.78, 5) is 0. The molecule has 0 aliphatic heterocycles. The predicted molar refractivity (Wildman–Crippen MR) is 67.3 cm³/mol. The van der Waals surface area contributed by atoms with Crippen LogP contribution in [0.4, 0.5) is 0 Å². The molecule has 0 saturated heterocycles. The molecule has 0 saturated carbocycles. The van der Waals surface area contributed by atoms with Gasteiger partial charge < -0.3 is 0 Å². The first-order chi connectivity index (χ1) is 8.80. The molecule has 1 aromatic heterocycles. The highest BCUT2D eigenvalue weighted by molar-refractivity contribution is 5.63. The van der Waals surface area contributed by atoms with Gasteiger partial charge in [-0.3, -0.25) is 0 Å². The summed E-state index contributed by atoms with van der Waals surface area (Å²) in [6, 6.07) is 9.73. The maximum atomic E-state index is 7.65. The Hall–Kier alpha value is -1.63. The Kier molecular flexibility index (Phi) is 1.95. The fourth-order valence-corrected chi connectivity index (χ4v) is 1.93. The van der Waals surface area contributed by atoms with E-state index in [9.17, 15) is 0 Å². The second-order valence-electron chi connectivity index (χ2n) is 4.18. The van der Waals surface area contributed by atoms with Crippen molar-refractivity contribution < 1.29 is 8.68 Å². The molecule has 0 atom stereocenters. The molecule has 82 valence electrons. The molecule has 1 aromatic carbocycles. The van der Waals surface area contributed by atoms with Gasteiger partial charge >= 0.3 is 0 Å². The van der Waals surface area contributed by atoms with Crippen LogP contribution in [0.3, 0.4) is 0 Å². The molecule has 0 N–H and O–H groups in total. The first-order valence-corrected chi connectivity index (χ1v) is 5.37. The molecule has 0 amide bonds. The molecule has 0 aliphatic rings. The summed E-state index contributed by atoms with van der Waals surface area (Å²) in [5.41, 5.74) is 4.23. The third-order valence-corrected chi connectivity index (χ3v) is 2.88. The van der Waals surface area contributed by atoms with Crippen molar-refractivity contribution in [2.75, 3.05) is 0 Å². The van der Waals surface area contributed by atoms with Gasteiger partial charge in [0.2, 0.25) is 5.69 Å². The quantitative estimate of drug-likeness (QED) is 0.644. The average Bonchev–Trinajstić information content (AvgIpc) is 2.31. The van der Waals surface area contributed by atoms with Gasteiger partial charge in [0.05, 0.1) is 0 Å². The standard InChI is InChI=1S/C15H18N/c1-11-9-12(2)13(3)14(10-11)15-7-5-6-8-16(15)4/h5-10H,1-4H3/q+1/i2D3. The van der Waals surface area contributed by atoms with Crippen LogP contribution in [-0.4, -0.2) is 0 Å². The monoisotopic (exact) mass is 215 g/mol. The summed E-state index contributed by atoms with van der Waals surface area (Å²) in [5, 5.41) is 0. The normalized spacial score (nSPS) is 14.1. The Morgan fingerprint density at radius 3 is 2.69 bits per heavy atom. The molecule has 0 radical (unpaired) electrons. The SMILES string of the molecule is [2H]C([2H])([2H])c1cc(C)cc(-c2cccc[n+]2C)c1C. The molecule has 1 heterocycles. The maximum Gasteiger partial charge on any atom is 0.212 e. The topological polar surface area (TPSA) is 3.88 Å². The Labute approximate surface area is 102 Å². The van der Waals surface area contributed by atoms with Crippen molar-refractivity contribution in [2.24, 2.45) is 7.05 Å². The predicted octanol–water partition coefficient (Wildman–Crippen LogP) is 3.10. The van der Waals surface area contributed by atoms with Crippen LogP contribution in [-0.2, 0) is 7.05 Å². The van der Waals surface area contributed by atoms with Crippen molar-refractivity contribution in [3.63, 3.8) is 0 Å². The highest BCUT2D eigenvalue weighted by Crippen LogP contribution is 2.24. The first-order valence-electron chi connectivity index (χ1n) is 6.87. The highest BCUT2D eigenvalue weighted by atomic mass is 14.9. The fourth-order valence-electron chi connectivity index (χ4n) is 1.93. The van der Waals surface area contributed by atoms with Crippen LogP contribution < -0.4 is 4.57 Å². The average molecular weight is 215 g/mol. The van der Waals surface area contributed by atoms with Crippen LogP contribution in [0, 0.1) is 20.7 Å². The van der Waals surface area contributed by atoms with Crippen LogP contribution >= 0.6 is 0 Å². The highest BCUT2D eigenvalue weighted by Gasteiger charge is 2.12. The van der Waals surface area contributed by atoms with E-state index in [1.165, 1.54) is 0 Å². The summed E-state index contributed by atoms with van der Waals surface area (Å²) in [7, 11) is 1.96. The van der Waals surface area contributed by atoms with Gasteiger partial charge in [-0.1, -0.05) is 11.6 Å². The minimum Gasteiger partial charge on any atom is -0.201 e. The molecule has 0 spiro atoms. The number of benzene rings is 1. The largest absolute Gasteiger partial charge is 0.212 e. The number of aryl methyl sites for hydroxylation is 3. The van der Waals surface area contributed by atoms with E-state index < -0.39 is 6.85 Å².